The Morgan fingerprint density at radius 2 is 1.74 bits per heavy atom. The largest absolute Gasteiger partial charge is 0.472 e. The maximum atomic E-state index is 9.81. The molecule has 3 aromatic carbocycles. The SMILES string of the molecule is N#Cc1cnc2cc(-c3ccc(CN4CCCCC4)cc3)ccc2c1Nc1ccc(Cc2ccoc2)c(Cl)c1. The summed E-state index contributed by atoms with van der Waals surface area (Å²) in [5, 5.41) is 14.8. The van der Waals surface area contributed by atoms with Crippen LogP contribution in [-0.2, 0) is 13.0 Å². The molecule has 0 atom stereocenters. The number of aromatic nitrogens is 1. The Kier molecular flexibility index (Phi) is 7.31. The fourth-order valence-corrected chi connectivity index (χ4v) is 5.54. The lowest BCUT2D eigenvalue weighted by molar-refractivity contribution is 0.221. The minimum atomic E-state index is 0.482. The van der Waals surface area contributed by atoms with E-state index in [1.165, 1.54) is 37.9 Å². The maximum Gasteiger partial charge on any atom is 0.103 e. The van der Waals surface area contributed by atoms with E-state index in [9.17, 15) is 5.26 Å². The fraction of sp³-hybridized carbons (Fsp3) is 0.212. The van der Waals surface area contributed by atoms with Crippen molar-refractivity contribution in [2.45, 2.75) is 32.2 Å². The van der Waals surface area contributed by atoms with Crippen LogP contribution in [0.25, 0.3) is 22.0 Å². The number of nitrogens with zero attached hydrogens (tertiary/aromatic N) is 3. The molecule has 3 heterocycles. The van der Waals surface area contributed by atoms with Gasteiger partial charge in [0.1, 0.15) is 6.07 Å². The van der Waals surface area contributed by atoms with Crippen LogP contribution in [0.5, 0.6) is 0 Å². The van der Waals surface area contributed by atoms with Gasteiger partial charge in [0.05, 0.1) is 29.3 Å². The molecule has 0 spiro atoms. The van der Waals surface area contributed by atoms with Crippen molar-refractivity contribution in [3.05, 3.63) is 113 Å². The number of benzene rings is 3. The van der Waals surface area contributed by atoms with Crippen LogP contribution < -0.4 is 5.32 Å². The summed E-state index contributed by atoms with van der Waals surface area (Å²) in [5.74, 6) is 0. The minimum absolute atomic E-state index is 0.482. The highest BCUT2D eigenvalue weighted by Gasteiger charge is 2.13. The van der Waals surface area contributed by atoms with Gasteiger partial charge in [0.15, 0.2) is 0 Å². The predicted molar refractivity (Wildman–Crippen MR) is 157 cm³/mol. The van der Waals surface area contributed by atoms with Crippen LogP contribution in [0.1, 0.15) is 41.5 Å². The molecule has 6 heteroatoms. The number of rotatable bonds is 7. The monoisotopic (exact) mass is 532 g/mol. The molecule has 0 bridgehead atoms. The van der Waals surface area contributed by atoms with Gasteiger partial charge in [-0.15, -0.1) is 0 Å². The average molecular weight is 533 g/mol. The lowest BCUT2D eigenvalue weighted by atomic mass is 10.0. The van der Waals surface area contributed by atoms with Crippen molar-refractivity contribution < 1.29 is 4.42 Å². The second-order valence-electron chi connectivity index (χ2n) is 10.2. The Morgan fingerprint density at radius 1 is 0.923 bits per heavy atom. The summed E-state index contributed by atoms with van der Waals surface area (Å²) in [5.41, 5.74) is 8.52. The molecule has 1 aliphatic rings. The quantitative estimate of drug-likeness (QED) is 0.228. The van der Waals surface area contributed by atoms with E-state index in [1.807, 2.05) is 30.3 Å². The number of fused-ring (bicyclic) bond motifs is 1. The van der Waals surface area contributed by atoms with Crippen LogP contribution in [0.4, 0.5) is 11.4 Å². The van der Waals surface area contributed by atoms with Gasteiger partial charge in [0.2, 0.25) is 0 Å². The summed E-state index contributed by atoms with van der Waals surface area (Å²) in [6.07, 6.45) is 9.67. The number of furan rings is 1. The number of hydrogen-bond donors (Lipinski definition) is 1. The standard InChI is InChI=1S/C33H29ClN4O/c34-31-18-29(10-8-27(31)16-24-12-15-39-22-24)37-33-28(19-35)20-36-32-17-26(9-11-30(32)33)25-6-4-23(5-7-25)21-38-13-2-1-3-14-38/h4-12,15,17-18,20,22H,1-3,13-14,16,21H2,(H,36,37). The summed E-state index contributed by atoms with van der Waals surface area (Å²) >= 11 is 6.61. The molecule has 6 rings (SSSR count). The van der Waals surface area contributed by atoms with Crippen molar-refractivity contribution in [1.82, 2.24) is 9.88 Å². The zero-order valence-corrected chi connectivity index (χ0v) is 22.4. The first-order valence-electron chi connectivity index (χ1n) is 13.4. The molecule has 1 fully saturated rings. The van der Waals surface area contributed by atoms with Crippen molar-refractivity contribution in [2.24, 2.45) is 0 Å². The predicted octanol–water partition coefficient (Wildman–Crippen LogP) is 8.34. The van der Waals surface area contributed by atoms with E-state index in [2.05, 4.69) is 57.7 Å². The second-order valence-corrected chi connectivity index (χ2v) is 10.6. The first-order valence-corrected chi connectivity index (χ1v) is 13.7. The van der Waals surface area contributed by atoms with Gasteiger partial charge in [-0.1, -0.05) is 60.5 Å². The van der Waals surface area contributed by atoms with Gasteiger partial charge < -0.3 is 9.73 Å². The van der Waals surface area contributed by atoms with Gasteiger partial charge >= 0.3 is 0 Å². The molecule has 1 aliphatic heterocycles. The van der Waals surface area contributed by atoms with Gasteiger partial charge in [-0.3, -0.25) is 9.88 Å². The molecule has 5 nitrogen and oxygen atoms in total. The van der Waals surface area contributed by atoms with Gasteiger partial charge in [-0.2, -0.15) is 5.26 Å². The zero-order chi connectivity index (χ0) is 26.6. The van der Waals surface area contributed by atoms with E-state index < -0.39 is 0 Å². The number of likely N-dealkylation sites (tertiary alicyclic amines) is 1. The average Bonchev–Trinajstić information content (AvgIpc) is 3.49. The topological polar surface area (TPSA) is 65.1 Å². The van der Waals surface area contributed by atoms with E-state index in [0.717, 1.165) is 51.1 Å². The number of piperidine rings is 1. The Bertz CT molecular complexity index is 1630. The summed E-state index contributed by atoms with van der Waals surface area (Å²) in [4.78, 5) is 7.15. The molecule has 0 unspecified atom stereocenters. The van der Waals surface area contributed by atoms with Gasteiger partial charge in [-0.05, 0) is 78.0 Å². The van der Waals surface area contributed by atoms with Crippen LogP contribution >= 0.6 is 11.6 Å². The Labute approximate surface area is 233 Å². The van der Waals surface area contributed by atoms with Crippen LogP contribution in [0, 0.1) is 11.3 Å². The van der Waals surface area contributed by atoms with E-state index >= 15 is 0 Å². The highest BCUT2D eigenvalue weighted by atomic mass is 35.5. The molecule has 39 heavy (non-hydrogen) atoms. The Balaban J connectivity index is 1.24. The van der Waals surface area contributed by atoms with Crippen LogP contribution in [0.3, 0.4) is 0 Å². The highest BCUT2D eigenvalue weighted by molar-refractivity contribution is 6.31. The maximum absolute atomic E-state index is 9.81. The number of hydrogen-bond acceptors (Lipinski definition) is 5. The van der Waals surface area contributed by atoms with Crippen molar-refractivity contribution in [3.63, 3.8) is 0 Å². The third kappa shape index (κ3) is 5.68. The van der Waals surface area contributed by atoms with Gasteiger partial charge in [0, 0.05) is 35.3 Å². The van der Waals surface area contributed by atoms with Gasteiger partial charge in [-0.25, -0.2) is 0 Å². The fourth-order valence-electron chi connectivity index (χ4n) is 5.30. The van der Waals surface area contributed by atoms with Crippen molar-refractivity contribution in [2.75, 3.05) is 18.4 Å². The zero-order valence-electron chi connectivity index (χ0n) is 21.7. The van der Waals surface area contributed by atoms with Crippen LogP contribution in [0.2, 0.25) is 5.02 Å². The Morgan fingerprint density at radius 3 is 2.49 bits per heavy atom. The van der Waals surface area contributed by atoms with E-state index in [4.69, 9.17) is 16.0 Å². The summed E-state index contributed by atoms with van der Waals surface area (Å²) in [7, 11) is 0. The molecule has 1 saturated heterocycles. The normalized spacial score (nSPS) is 13.8. The Hall–Kier alpha value is -4.11. The third-order valence-corrected chi connectivity index (χ3v) is 7.78. The molecule has 0 aliphatic carbocycles. The van der Waals surface area contributed by atoms with E-state index in [1.54, 1.807) is 18.7 Å². The van der Waals surface area contributed by atoms with Crippen molar-refractivity contribution >= 4 is 33.9 Å². The molecule has 1 N–H and O–H groups in total. The third-order valence-electron chi connectivity index (χ3n) is 7.43. The van der Waals surface area contributed by atoms with E-state index in [-0.39, 0.29) is 0 Å². The lowest BCUT2D eigenvalue weighted by Crippen LogP contribution is -2.28. The van der Waals surface area contributed by atoms with Crippen molar-refractivity contribution in [1.29, 1.82) is 5.26 Å². The lowest BCUT2D eigenvalue weighted by Gasteiger charge is -2.26. The highest BCUT2D eigenvalue weighted by Crippen LogP contribution is 2.33. The summed E-state index contributed by atoms with van der Waals surface area (Å²) in [6.45, 7) is 3.40. The molecule has 2 aromatic heterocycles. The molecular formula is C33H29ClN4O. The number of halogens is 1. The molecule has 194 valence electrons. The molecular weight excluding hydrogens is 504 g/mol. The smallest absolute Gasteiger partial charge is 0.103 e. The number of nitriles is 1. The van der Waals surface area contributed by atoms with Crippen LogP contribution in [0.15, 0.2) is 89.9 Å². The van der Waals surface area contributed by atoms with Crippen molar-refractivity contribution in [3.8, 4) is 17.2 Å². The second kappa shape index (κ2) is 11.3. The number of pyridine rings is 1. The number of anilines is 2. The first-order chi connectivity index (χ1) is 19.2. The molecule has 0 radical (unpaired) electrons. The molecule has 5 aromatic rings. The van der Waals surface area contributed by atoms with Crippen LogP contribution in [-0.4, -0.2) is 23.0 Å². The summed E-state index contributed by atoms with van der Waals surface area (Å²) in [6, 6.07) is 25.1. The van der Waals surface area contributed by atoms with E-state index in [0.29, 0.717) is 17.0 Å². The molecule has 0 amide bonds. The summed E-state index contributed by atoms with van der Waals surface area (Å²) < 4.78 is 5.17. The van der Waals surface area contributed by atoms with Gasteiger partial charge in [0.25, 0.3) is 0 Å². The minimum Gasteiger partial charge on any atom is -0.472 e. The first kappa shape index (κ1) is 25.2. The number of nitrogens with one attached hydrogen (secondary N) is 1. The molecule has 0 saturated carbocycles.